The smallest absolute Gasteiger partial charge is 0.228 e. The Morgan fingerprint density at radius 1 is 1.41 bits per heavy atom. The van der Waals surface area contributed by atoms with Gasteiger partial charge in [0.15, 0.2) is 16.6 Å². The molecule has 3 aromatic heterocycles. The number of hydrogen-bond donors (Lipinski definition) is 0. The lowest BCUT2D eigenvalue weighted by Crippen LogP contribution is -1.97. The molecule has 17 heavy (non-hydrogen) atoms. The monoisotopic (exact) mass is 266 g/mol. The van der Waals surface area contributed by atoms with Crippen molar-refractivity contribution in [2.45, 2.75) is 5.16 Å². The number of rotatable bonds is 2. The van der Waals surface area contributed by atoms with E-state index in [0.29, 0.717) is 22.3 Å². The Balaban J connectivity index is 2.22. The molecule has 5 nitrogen and oxygen atoms in total. The number of nitrogens with zero attached hydrogens (tertiary/aromatic N) is 4. The van der Waals surface area contributed by atoms with E-state index in [9.17, 15) is 0 Å². The zero-order valence-electron chi connectivity index (χ0n) is 8.79. The second-order valence-corrected chi connectivity index (χ2v) is 4.37. The van der Waals surface area contributed by atoms with Gasteiger partial charge in [0.1, 0.15) is 5.69 Å². The molecular weight excluding hydrogens is 260 g/mol. The molecule has 0 radical (unpaired) electrons. The average Bonchev–Trinajstić information content (AvgIpc) is 2.96. The number of hydrogen-bond acceptors (Lipinski definition) is 5. The molecule has 0 bridgehead atoms. The van der Waals surface area contributed by atoms with Crippen LogP contribution in [0.15, 0.2) is 34.0 Å². The minimum atomic E-state index is 0.289. The van der Waals surface area contributed by atoms with Gasteiger partial charge in [0.25, 0.3) is 0 Å². The first-order valence-corrected chi connectivity index (χ1v) is 6.39. The zero-order chi connectivity index (χ0) is 11.8. The molecule has 3 rings (SSSR count). The van der Waals surface area contributed by atoms with Gasteiger partial charge in [0.2, 0.25) is 5.28 Å². The SMILES string of the molecule is CSc1nc(Cl)n2nc(-c3ccco3)cc2n1. The second kappa shape index (κ2) is 4.05. The van der Waals surface area contributed by atoms with E-state index in [4.69, 9.17) is 16.0 Å². The van der Waals surface area contributed by atoms with Gasteiger partial charge in [-0.3, -0.25) is 0 Å². The highest BCUT2D eigenvalue weighted by molar-refractivity contribution is 7.98. The summed E-state index contributed by atoms with van der Waals surface area (Å²) in [4.78, 5) is 8.41. The summed E-state index contributed by atoms with van der Waals surface area (Å²) in [5.41, 5.74) is 1.34. The molecular formula is C10H7ClN4OS. The molecule has 0 saturated carbocycles. The summed E-state index contributed by atoms with van der Waals surface area (Å²) in [6.45, 7) is 0. The number of halogens is 1. The van der Waals surface area contributed by atoms with Gasteiger partial charge in [0, 0.05) is 6.07 Å². The number of thioether (sulfide) groups is 1. The Bertz CT molecular complexity index is 664. The second-order valence-electron chi connectivity index (χ2n) is 3.26. The van der Waals surface area contributed by atoms with Crippen LogP contribution in [-0.4, -0.2) is 25.8 Å². The van der Waals surface area contributed by atoms with Crippen LogP contribution in [-0.2, 0) is 0 Å². The summed E-state index contributed by atoms with van der Waals surface area (Å²) >= 11 is 7.45. The fourth-order valence-corrected chi connectivity index (χ4v) is 2.09. The molecule has 3 heterocycles. The third-order valence-corrected chi connectivity index (χ3v) is 3.01. The summed E-state index contributed by atoms with van der Waals surface area (Å²) in [5, 5.41) is 5.19. The quantitative estimate of drug-likeness (QED) is 0.668. The largest absolute Gasteiger partial charge is 0.463 e. The van der Waals surface area contributed by atoms with Gasteiger partial charge in [-0.25, -0.2) is 4.98 Å². The Kier molecular flexibility index (Phi) is 2.53. The maximum absolute atomic E-state index is 6.02. The van der Waals surface area contributed by atoms with Crippen LogP contribution in [0.5, 0.6) is 0 Å². The van der Waals surface area contributed by atoms with Crippen molar-refractivity contribution in [3.8, 4) is 11.5 Å². The van der Waals surface area contributed by atoms with Crippen LogP contribution < -0.4 is 0 Å². The molecule has 3 aromatic rings. The summed E-state index contributed by atoms with van der Waals surface area (Å²) in [7, 11) is 0. The number of aromatic nitrogens is 4. The zero-order valence-corrected chi connectivity index (χ0v) is 10.4. The third-order valence-electron chi connectivity index (χ3n) is 2.22. The molecule has 0 N–H and O–H groups in total. The first-order valence-electron chi connectivity index (χ1n) is 4.79. The molecule has 0 atom stereocenters. The molecule has 0 aromatic carbocycles. The van der Waals surface area contributed by atoms with Gasteiger partial charge < -0.3 is 4.42 Å². The van der Waals surface area contributed by atoms with E-state index >= 15 is 0 Å². The Labute approximate surface area is 106 Å². The predicted octanol–water partition coefficient (Wildman–Crippen LogP) is 2.76. The molecule has 86 valence electrons. The number of fused-ring (bicyclic) bond motifs is 1. The Morgan fingerprint density at radius 2 is 2.29 bits per heavy atom. The van der Waals surface area contributed by atoms with Gasteiger partial charge in [-0.2, -0.15) is 14.6 Å². The number of furan rings is 1. The normalized spacial score (nSPS) is 11.2. The standard InChI is InChI=1S/C10H7ClN4OS/c1-17-10-12-8-5-6(7-3-2-4-16-7)14-15(8)9(11)13-10/h2-5H,1H3. The van der Waals surface area contributed by atoms with Crippen molar-refractivity contribution in [3.63, 3.8) is 0 Å². The molecule has 0 aliphatic carbocycles. The highest BCUT2D eigenvalue weighted by Crippen LogP contribution is 2.22. The van der Waals surface area contributed by atoms with Crippen molar-refractivity contribution in [2.24, 2.45) is 0 Å². The predicted molar refractivity (Wildman–Crippen MR) is 65.3 cm³/mol. The summed E-state index contributed by atoms with van der Waals surface area (Å²) < 4.78 is 6.76. The van der Waals surface area contributed by atoms with Crippen LogP contribution in [0.2, 0.25) is 5.28 Å². The molecule has 0 unspecified atom stereocenters. The van der Waals surface area contributed by atoms with Crippen LogP contribution in [0.4, 0.5) is 0 Å². The van der Waals surface area contributed by atoms with Crippen molar-refractivity contribution in [2.75, 3.05) is 6.26 Å². The molecule has 0 amide bonds. The van der Waals surface area contributed by atoms with E-state index < -0.39 is 0 Å². The lowest BCUT2D eigenvalue weighted by atomic mass is 10.3. The van der Waals surface area contributed by atoms with Gasteiger partial charge >= 0.3 is 0 Å². The van der Waals surface area contributed by atoms with Crippen molar-refractivity contribution >= 4 is 29.0 Å². The van der Waals surface area contributed by atoms with E-state index in [2.05, 4.69) is 15.1 Å². The van der Waals surface area contributed by atoms with Gasteiger partial charge in [-0.05, 0) is 30.0 Å². The van der Waals surface area contributed by atoms with Gasteiger partial charge in [-0.1, -0.05) is 11.8 Å². The van der Waals surface area contributed by atoms with Crippen molar-refractivity contribution in [1.82, 2.24) is 19.6 Å². The van der Waals surface area contributed by atoms with Crippen molar-refractivity contribution < 1.29 is 4.42 Å². The Hall–Kier alpha value is -1.53. The highest BCUT2D eigenvalue weighted by atomic mass is 35.5. The molecule has 0 saturated heterocycles. The summed E-state index contributed by atoms with van der Waals surface area (Å²) in [6.07, 6.45) is 3.49. The molecule has 0 aliphatic rings. The highest BCUT2D eigenvalue weighted by Gasteiger charge is 2.11. The molecule has 0 aliphatic heterocycles. The lowest BCUT2D eigenvalue weighted by Gasteiger charge is -1.97. The first-order chi connectivity index (χ1) is 8.28. The first kappa shape index (κ1) is 10.6. The summed E-state index contributed by atoms with van der Waals surface area (Å²) in [5.74, 6) is 0.678. The lowest BCUT2D eigenvalue weighted by molar-refractivity contribution is 0.579. The van der Waals surface area contributed by atoms with E-state index in [1.165, 1.54) is 16.3 Å². The van der Waals surface area contributed by atoms with Gasteiger partial charge in [-0.15, -0.1) is 0 Å². The van der Waals surface area contributed by atoms with E-state index in [-0.39, 0.29) is 5.28 Å². The maximum atomic E-state index is 6.02. The van der Waals surface area contributed by atoms with Crippen LogP contribution in [0, 0.1) is 0 Å². The van der Waals surface area contributed by atoms with Crippen molar-refractivity contribution in [3.05, 3.63) is 29.7 Å². The fraction of sp³-hybridized carbons (Fsp3) is 0.100. The third kappa shape index (κ3) is 1.79. The minimum Gasteiger partial charge on any atom is -0.463 e. The fourth-order valence-electron chi connectivity index (χ4n) is 1.47. The van der Waals surface area contributed by atoms with E-state index in [1.54, 1.807) is 12.3 Å². The topological polar surface area (TPSA) is 56.2 Å². The van der Waals surface area contributed by atoms with E-state index in [1.807, 2.05) is 18.4 Å². The molecule has 0 fully saturated rings. The maximum Gasteiger partial charge on any atom is 0.228 e. The van der Waals surface area contributed by atoms with Crippen molar-refractivity contribution in [1.29, 1.82) is 0 Å². The molecule has 0 spiro atoms. The van der Waals surface area contributed by atoms with Crippen LogP contribution >= 0.6 is 23.4 Å². The minimum absolute atomic E-state index is 0.289. The van der Waals surface area contributed by atoms with Crippen LogP contribution in [0.25, 0.3) is 17.1 Å². The van der Waals surface area contributed by atoms with Gasteiger partial charge in [0.05, 0.1) is 6.26 Å². The van der Waals surface area contributed by atoms with E-state index in [0.717, 1.165) is 0 Å². The molecule has 7 heteroatoms. The van der Waals surface area contributed by atoms with Crippen LogP contribution in [0.3, 0.4) is 0 Å². The Morgan fingerprint density at radius 3 is 3.00 bits per heavy atom. The van der Waals surface area contributed by atoms with Crippen LogP contribution in [0.1, 0.15) is 0 Å². The average molecular weight is 267 g/mol. The summed E-state index contributed by atoms with van der Waals surface area (Å²) in [6, 6.07) is 5.45.